The molecule has 1 N–H and O–H groups in total. The number of rotatable bonds is 4. The highest BCUT2D eigenvalue weighted by atomic mass is 19.1. The van der Waals surface area contributed by atoms with Gasteiger partial charge in [-0.05, 0) is 19.1 Å². The molecule has 1 atom stereocenters. The molecule has 0 aliphatic heterocycles. The summed E-state index contributed by atoms with van der Waals surface area (Å²) < 4.78 is 18.6. The first-order valence-electron chi connectivity index (χ1n) is 5.88. The molecule has 0 saturated heterocycles. The average molecular weight is 277 g/mol. The van der Waals surface area contributed by atoms with Crippen molar-refractivity contribution in [3.05, 3.63) is 64.0 Å². The second kappa shape index (κ2) is 5.66. The Morgan fingerprint density at radius 3 is 2.60 bits per heavy atom. The van der Waals surface area contributed by atoms with E-state index < -0.39 is 16.8 Å². The zero-order chi connectivity index (χ0) is 14.7. The molecule has 2 rings (SSSR count). The lowest BCUT2D eigenvalue weighted by molar-refractivity contribution is -0.385. The van der Waals surface area contributed by atoms with Crippen LogP contribution in [0, 0.1) is 15.9 Å². The van der Waals surface area contributed by atoms with Gasteiger partial charge in [0, 0.05) is 17.7 Å². The van der Waals surface area contributed by atoms with E-state index in [2.05, 4.69) is 0 Å². The molecule has 0 bridgehead atoms. The van der Waals surface area contributed by atoms with Crippen LogP contribution in [0.4, 0.5) is 10.1 Å². The van der Waals surface area contributed by atoms with Crippen LogP contribution in [0.1, 0.15) is 18.6 Å². The second-order valence-electron chi connectivity index (χ2n) is 4.19. The SMILES string of the molecule is CC(O)c1ccccc1Oc1cc(F)ccc1[N+](=O)[O-]. The molecule has 0 aromatic heterocycles. The summed E-state index contributed by atoms with van der Waals surface area (Å²) in [6, 6.07) is 9.52. The monoisotopic (exact) mass is 277 g/mol. The van der Waals surface area contributed by atoms with Gasteiger partial charge in [-0.3, -0.25) is 10.1 Å². The Morgan fingerprint density at radius 1 is 1.25 bits per heavy atom. The number of halogens is 1. The van der Waals surface area contributed by atoms with Gasteiger partial charge in [0.25, 0.3) is 0 Å². The summed E-state index contributed by atoms with van der Waals surface area (Å²) in [5.74, 6) is -0.598. The number of aliphatic hydroxyl groups is 1. The highest BCUT2D eigenvalue weighted by Gasteiger charge is 2.18. The van der Waals surface area contributed by atoms with Gasteiger partial charge in [-0.2, -0.15) is 0 Å². The predicted molar refractivity (Wildman–Crippen MR) is 70.2 cm³/mol. The molecular formula is C14H12FNO4. The standard InChI is InChI=1S/C14H12FNO4/c1-9(17)11-4-2-3-5-13(11)20-14-8-10(15)6-7-12(14)16(18)19/h2-9,17H,1H3. The number of nitrogens with zero attached hydrogens (tertiary/aromatic N) is 1. The summed E-state index contributed by atoms with van der Waals surface area (Å²) in [7, 11) is 0. The van der Waals surface area contributed by atoms with Gasteiger partial charge in [0.1, 0.15) is 11.6 Å². The lowest BCUT2D eigenvalue weighted by atomic mass is 10.1. The smallest absolute Gasteiger partial charge is 0.311 e. The summed E-state index contributed by atoms with van der Waals surface area (Å²) in [5.41, 5.74) is 0.123. The normalized spacial score (nSPS) is 11.9. The van der Waals surface area contributed by atoms with E-state index in [4.69, 9.17) is 4.74 Å². The Bertz CT molecular complexity index is 643. The molecule has 2 aromatic carbocycles. The van der Waals surface area contributed by atoms with Gasteiger partial charge in [0.2, 0.25) is 5.75 Å². The van der Waals surface area contributed by atoms with Crippen molar-refractivity contribution in [2.24, 2.45) is 0 Å². The molecule has 5 nitrogen and oxygen atoms in total. The van der Waals surface area contributed by atoms with E-state index in [1.54, 1.807) is 31.2 Å². The van der Waals surface area contributed by atoms with Crippen LogP contribution in [0.3, 0.4) is 0 Å². The fourth-order valence-electron chi connectivity index (χ4n) is 1.76. The topological polar surface area (TPSA) is 72.6 Å². The quantitative estimate of drug-likeness (QED) is 0.684. The minimum absolute atomic E-state index is 0.205. The van der Waals surface area contributed by atoms with Crippen LogP contribution < -0.4 is 4.74 Å². The fraction of sp³-hybridized carbons (Fsp3) is 0.143. The van der Waals surface area contributed by atoms with Gasteiger partial charge in [0.05, 0.1) is 11.0 Å². The Hall–Kier alpha value is -2.47. The third-order valence-electron chi connectivity index (χ3n) is 2.71. The minimum Gasteiger partial charge on any atom is -0.450 e. The highest BCUT2D eigenvalue weighted by Crippen LogP contribution is 2.35. The first kappa shape index (κ1) is 14.0. The molecule has 0 spiro atoms. The molecule has 104 valence electrons. The van der Waals surface area contributed by atoms with Crippen molar-refractivity contribution >= 4 is 5.69 Å². The van der Waals surface area contributed by atoms with E-state index in [1.165, 1.54) is 0 Å². The molecule has 2 aromatic rings. The molecule has 0 aliphatic rings. The molecule has 0 aliphatic carbocycles. The van der Waals surface area contributed by atoms with E-state index in [9.17, 15) is 19.6 Å². The van der Waals surface area contributed by atoms with E-state index in [1.807, 2.05) is 0 Å². The third-order valence-corrected chi connectivity index (χ3v) is 2.71. The Morgan fingerprint density at radius 2 is 1.95 bits per heavy atom. The molecule has 0 radical (unpaired) electrons. The number of hydrogen-bond donors (Lipinski definition) is 1. The van der Waals surface area contributed by atoms with Crippen molar-refractivity contribution in [1.82, 2.24) is 0 Å². The van der Waals surface area contributed by atoms with Crippen LogP contribution in [0.15, 0.2) is 42.5 Å². The van der Waals surface area contributed by atoms with Crippen molar-refractivity contribution in [2.45, 2.75) is 13.0 Å². The number of para-hydroxylation sites is 1. The van der Waals surface area contributed by atoms with Gasteiger partial charge in [0.15, 0.2) is 0 Å². The van der Waals surface area contributed by atoms with E-state index >= 15 is 0 Å². The number of nitro benzene ring substituents is 1. The molecule has 1 unspecified atom stereocenters. The van der Waals surface area contributed by atoms with Crippen LogP contribution in [-0.2, 0) is 0 Å². The van der Waals surface area contributed by atoms with E-state index in [0.717, 1.165) is 18.2 Å². The Balaban J connectivity index is 2.45. The zero-order valence-corrected chi connectivity index (χ0v) is 10.6. The lowest BCUT2D eigenvalue weighted by Gasteiger charge is -2.12. The number of ether oxygens (including phenoxy) is 1. The van der Waals surface area contributed by atoms with Crippen molar-refractivity contribution < 1.29 is 19.2 Å². The molecular weight excluding hydrogens is 265 g/mol. The van der Waals surface area contributed by atoms with Crippen molar-refractivity contribution in [2.75, 3.05) is 0 Å². The van der Waals surface area contributed by atoms with Crippen LogP contribution in [-0.4, -0.2) is 10.0 Å². The van der Waals surface area contributed by atoms with E-state index in [0.29, 0.717) is 5.56 Å². The zero-order valence-electron chi connectivity index (χ0n) is 10.6. The van der Waals surface area contributed by atoms with Crippen LogP contribution in [0.25, 0.3) is 0 Å². The van der Waals surface area contributed by atoms with Crippen molar-refractivity contribution in [3.8, 4) is 11.5 Å². The number of hydrogen-bond acceptors (Lipinski definition) is 4. The first-order valence-corrected chi connectivity index (χ1v) is 5.88. The van der Waals surface area contributed by atoms with Crippen LogP contribution >= 0.6 is 0 Å². The summed E-state index contributed by atoms with van der Waals surface area (Å²) in [6.07, 6.45) is -0.807. The predicted octanol–water partition coefficient (Wildman–Crippen LogP) is 3.58. The highest BCUT2D eigenvalue weighted by molar-refractivity contribution is 5.49. The van der Waals surface area contributed by atoms with Gasteiger partial charge in [-0.15, -0.1) is 0 Å². The van der Waals surface area contributed by atoms with Gasteiger partial charge < -0.3 is 9.84 Å². The maximum absolute atomic E-state index is 13.2. The Labute approximate surface area is 114 Å². The number of nitro groups is 1. The molecule has 0 fully saturated rings. The van der Waals surface area contributed by atoms with Crippen LogP contribution in [0.5, 0.6) is 11.5 Å². The third kappa shape index (κ3) is 2.92. The molecule has 20 heavy (non-hydrogen) atoms. The molecule has 0 saturated carbocycles. The maximum Gasteiger partial charge on any atom is 0.311 e. The number of benzene rings is 2. The molecule has 0 amide bonds. The summed E-state index contributed by atoms with van der Waals surface area (Å²) in [4.78, 5) is 10.2. The molecule has 0 heterocycles. The summed E-state index contributed by atoms with van der Waals surface area (Å²) in [6.45, 7) is 1.54. The van der Waals surface area contributed by atoms with Gasteiger partial charge in [-0.25, -0.2) is 4.39 Å². The maximum atomic E-state index is 13.2. The molecule has 6 heteroatoms. The lowest BCUT2D eigenvalue weighted by Crippen LogP contribution is -1.98. The first-order chi connectivity index (χ1) is 9.49. The minimum atomic E-state index is -0.807. The largest absolute Gasteiger partial charge is 0.450 e. The van der Waals surface area contributed by atoms with E-state index in [-0.39, 0.29) is 17.2 Å². The van der Waals surface area contributed by atoms with Crippen LogP contribution in [0.2, 0.25) is 0 Å². The van der Waals surface area contributed by atoms with Gasteiger partial charge >= 0.3 is 5.69 Å². The summed E-state index contributed by atoms with van der Waals surface area (Å²) >= 11 is 0. The summed E-state index contributed by atoms with van der Waals surface area (Å²) in [5, 5.41) is 20.5. The Kier molecular flexibility index (Phi) is 3.95. The van der Waals surface area contributed by atoms with Crippen molar-refractivity contribution in [1.29, 1.82) is 0 Å². The average Bonchev–Trinajstić information content (AvgIpc) is 2.38. The second-order valence-corrected chi connectivity index (χ2v) is 4.19. The van der Waals surface area contributed by atoms with Gasteiger partial charge in [-0.1, -0.05) is 18.2 Å². The van der Waals surface area contributed by atoms with Crippen molar-refractivity contribution in [3.63, 3.8) is 0 Å². The fourth-order valence-corrected chi connectivity index (χ4v) is 1.76. The number of aliphatic hydroxyl groups excluding tert-OH is 1.